The quantitative estimate of drug-likeness (QED) is 0.657. The van der Waals surface area contributed by atoms with Crippen molar-refractivity contribution in [2.24, 2.45) is 0 Å². The van der Waals surface area contributed by atoms with Crippen LogP contribution in [-0.4, -0.2) is 4.98 Å². The summed E-state index contributed by atoms with van der Waals surface area (Å²) in [6.45, 7) is 15.3. The van der Waals surface area contributed by atoms with Gasteiger partial charge in [0.15, 0.2) is 0 Å². The maximum Gasteiger partial charge on any atom is 0.0701 e. The van der Waals surface area contributed by atoms with E-state index in [4.69, 9.17) is 0 Å². The molecule has 0 aromatic carbocycles. The lowest BCUT2D eigenvalue weighted by atomic mass is 10.1. The van der Waals surface area contributed by atoms with Crippen LogP contribution in [0.2, 0.25) is 0 Å². The van der Waals surface area contributed by atoms with Gasteiger partial charge in [-0.1, -0.05) is 65.1 Å². The lowest BCUT2D eigenvalue weighted by molar-refractivity contribution is 1.28. The zero-order chi connectivity index (χ0) is 12.8. The van der Waals surface area contributed by atoms with Crippen LogP contribution in [-0.2, 0) is 0 Å². The standard InChI is InChI=1S/C11H11N.2C2H6/c1-3-7-10(4-2)11-8-5-6-9-12-11;2*1-2/h3-9H,1-2H2;2*1-2H3/b10-7+;;. The van der Waals surface area contributed by atoms with Crippen molar-refractivity contribution < 1.29 is 0 Å². The minimum Gasteiger partial charge on any atom is -0.256 e. The Morgan fingerprint density at radius 3 is 2.12 bits per heavy atom. The van der Waals surface area contributed by atoms with E-state index in [0.29, 0.717) is 0 Å². The fourth-order valence-corrected chi connectivity index (χ4v) is 0.918. The van der Waals surface area contributed by atoms with Crippen molar-refractivity contribution >= 4 is 5.57 Å². The smallest absolute Gasteiger partial charge is 0.0701 e. The number of hydrogen-bond donors (Lipinski definition) is 0. The first kappa shape index (κ1) is 16.8. The third kappa shape index (κ3) is 6.77. The molecule has 1 rings (SSSR count). The van der Waals surface area contributed by atoms with Crippen LogP contribution in [0.25, 0.3) is 5.57 Å². The first-order valence-electron chi connectivity index (χ1n) is 5.75. The molecule has 0 atom stereocenters. The monoisotopic (exact) mass is 217 g/mol. The van der Waals surface area contributed by atoms with Crippen molar-refractivity contribution in [1.82, 2.24) is 4.98 Å². The molecule has 16 heavy (non-hydrogen) atoms. The van der Waals surface area contributed by atoms with Crippen LogP contribution < -0.4 is 0 Å². The van der Waals surface area contributed by atoms with Crippen LogP contribution in [0.1, 0.15) is 33.4 Å². The summed E-state index contributed by atoms with van der Waals surface area (Å²) >= 11 is 0. The Kier molecular flexibility index (Phi) is 14.0. The molecule has 0 aliphatic rings. The van der Waals surface area contributed by atoms with Gasteiger partial charge in [0, 0.05) is 6.20 Å². The minimum absolute atomic E-state index is 0.924. The number of allylic oxidation sites excluding steroid dienone is 4. The van der Waals surface area contributed by atoms with Crippen molar-refractivity contribution in [3.63, 3.8) is 0 Å². The van der Waals surface area contributed by atoms with Crippen LogP contribution in [0.5, 0.6) is 0 Å². The van der Waals surface area contributed by atoms with Crippen molar-refractivity contribution in [2.75, 3.05) is 0 Å². The van der Waals surface area contributed by atoms with E-state index in [1.165, 1.54) is 0 Å². The molecule has 1 aromatic rings. The molecule has 0 saturated heterocycles. The van der Waals surface area contributed by atoms with Crippen molar-refractivity contribution in [3.05, 3.63) is 61.5 Å². The van der Waals surface area contributed by atoms with E-state index in [1.807, 2.05) is 52.0 Å². The van der Waals surface area contributed by atoms with Gasteiger partial charge in [0.1, 0.15) is 0 Å². The van der Waals surface area contributed by atoms with E-state index in [1.54, 1.807) is 18.3 Å². The normalized spacial score (nSPS) is 8.88. The summed E-state index contributed by atoms with van der Waals surface area (Å²) in [5.41, 5.74) is 1.91. The molecule has 0 bridgehead atoms. The van der Waals surface area contributed by atoms with Gasteiger partial charge >= 0.3 is 0 Å². The van der Waals surface area contributed by atoms with Gasteiger partial charge in [-0.15, -0.1) is 0 Å². The van der Waals surface area contributed by atoms with E-state index in [-0.39, 0.29) is 0 Å². The second kappa shape index (κ2) is 13.4. The number of aromatic nitrogens is 1. The summed E-state index contributed by atoms with van der Waals surface area (Å²) in [5, 5.41) is 0. The van der Waals surface area contributed by atoms with E-state index in [0.717, 1.165) is 11.3 Å². The molecule has 1 heterocycles. The van der Waals surface area contributed by atoms with Crippen LogP contribution in [0.3, 0.4) is 0 Å². The molecule has 0 aliphatic carbocycles. The van der Waals surface area contributed by atoms with E-state index in [9.17, 15) is 0 Å². The Balaban J connectivity index is 0. The maximum atomic E-state index is 4.18. The molecule has 0 radical (unpaired) electrons. The van der Waals surface area contributed by atoms with Gasteiger partial charge in [0.05, 0.1) is 5.69 Å². The molecule has 0 aliphatic heterocycles. The Morgan fingerprint density at radius 1 is 1.12 bits per heavy atom. The second-order valence-electron chi connectivity index (χ2n) is 2.28. The highest BCUT2D eigenvalue weighted by atomic mass is 14.7. The van der Waals surface area contributed by atoms with Gasteiger partial charge in [-0.3, -0.25) is 4.98 Å². The van der Waals surface area contributed by atoms with Crippen LogP contribution >= 0.6 is 0 Å². The first-order valence-corrected chi connectivity index (χ1v) is 5.75. The Bertz CT molecular complexity index is 296. The van der Waals surface area contributed by atoms with Crippen LogP contribution in [0.15, 0.2) is 55.8 Å². The van der Waals surface area contributed by atoms with Gasteiger partial charge in [0.25, 0.3) is 0 Å². The third-order valence-corrected chi connectivity index (χ3v) is 1.48. The van der Waals surface area contributed by atoms with Crippen molar-refractivity contribution in [3.8, 4) is 0 Å². The highest BCUT2D eigenvalue weighted by Gasteiger charge is 1.94. The average Bonchev–Trinajstić information content (AvgIpc) is 2.41. The molecule has 1 nitrogen and oxygen atoms in total. The highest BCUT2D eigenvalue weighted by Crippen LogP contribution is 2.11. The van der Waals surface area contributed by atoms with E-state index in [2.05, 4.69) is 18.1 Å². The van der Waals surface area contributed by atoms with Gasteiger partial charge in [0.2, 0.25) is 0 Å². The highest BCUT2D eigenvalue weighted by molar-refractivity contribution is 5.72. The maximum absolute atomic E-state index is 4.18. The molecular formula is C15H23N. The van der Waals surface area contributed by atoms with Crippen LogP contribution in [0.4, 0.5) is 0 Å². The molecular weight excluding hydrogens is 194 g/mol. The molecule has 88 valence electrons. The minimum atomic E-state index is 0.924. The van der Waals surface area contributed by atoms with Gasteiger partial charge in [-0.25, -0.2) is 0 Å². The van der Waals surface area contributed by atoms with Gasteiger partial charge in [-0.05, 0) is 17.7 Å². The molecule has 1 aromatic heterocycles. The third-order valence-electron chi connectivity index (χ3n) is 1.48. The lowest BCUT2D eigenvalue weighted by Crippen LogP contribution is -1.83. The summed E-state index contributed by atoms with van der Waals surface area (Å²) < 4.78 is 0. The summed E-state index contributed by atoms with van der Waals surface area (Å²) in [7, 11) is 0. The molecule has 0 fully saturated rings. The number of hydrogen-bond acceptors (Lipinski definition) is 1. The molecule has 0 saturated carbocycles. The fourth-order valence-electron chi connectivity index (χ4n) is 0.918. The largest absolute Gasteiger partial charge is 0.256 e. The van der Waals surface area contributed by atoms with Crippen molar-refractivity contribution in [1.29, 1.82) is 0 Å². The van der Waals surface area contributed by atoms with Crippen molar-refractivity contribution in [2.45, 2.75) is 27.7 Å². The predicted molar refractivity (Wildman–Crippen MR) is 75.3 cm³/mol. The summed E-state index contributed by atoms with van der Waals surface area (Å²) in [5.74, 6) is 0. The average molecular weight is 217 g/mol. The Morgan fingerprint density at radius 2 is 1.75 bits per heavy atom. The lowest BCUT2D eigenvalue weighted by Gasteiger charge is -1.97. The van der Waals surface area contributed by atoms with Gasteiger partial charge in [-0.2, -0.15) is 0 Å². The summed E-state index contributed by atoms with van der Waals surface area (Å²) in [6.07, 6.45) is 7.14. The number of nitrogens with zero attached hydrogens (tertiary/aromatic N) is 1. The molecule has 0 unspecified atom stereocenters. The fraction of sp³-hybridized carbons (Fsp3) is 0.267. The van der Waals surface area contributed by atoms with Gasteiger partial charge < -0.3 is 0 Å². The predicted octanol–water partition coefficient (Wildman–Crippen LogP) is 4.89. The van der Waals surface area contributed by atoms with E-state index < -0.39 is 0 Å². The number of pyridine rings is 1. The first-order chi connectivity index (χ1) is 7.88. The van der Waals surface area contributed by atoms with Crippen LogP contribution in [0, 0.1) is 0 Å². The molecule has 0 amide bonds. The molecule has 0 spiro atoms. The SMILES string of the molecule is C=C/C=C(\C=C)c1ccccn1.CC.CC. The summed E-state index contributed by atoms with van der Waals surface area (Å²) in [6, 6.07) is 5.78. The second-order valence-corrected chi connectivity index (χ2v) is 2.28. The Labute approximate surface area is 100 Å². The zero-order valence-corrected chi connectivity index (χ0v) is 10.9. The molecule has 0 N–H and O–H groups in total. The van der Waals surface area contributed by atoms with E-state index >= 15 is 0 Å². The zero-order valence-electron chi connectivity index (χ0n) is 10.9. The topological polar surface area (TPSA) is 12.9 Å². The Hall–Kier alpha value is -1.63. The summed E-state index contributed by atoms with van der Waals surface area (Å²) in [4.78, 5) is 4.18. The molecule has 1 heteroatoms. The number of rotatable bonds is 3.